The molecule has 0 bridgehead atoms. The highest BCUT2D eigenvalue weighted by atomic mass is 32.2. The Hall–Kier alpha value is -3.85. The van der Waals surface area contributed by atoms with E-state index < -0.39 is 27.5 Å². The molecule has 0 saturated heterocycles. The normalized spacial score (nSPS) is 18.5. The number of nitrogens with one attached hydrogen (secondary N) is 1. The molecule has 2 heterocycles. The van der Waals surface area contributed by atoms with Crippen LogP contribution in [0.5, 0.6) is 0 Å². The summed E-state index contributed by atoms with van der Waals surface area (Å²) in [6, 6.07) is 19.6. The Bertz CT molecular complexity index is 1440. The maximum Gasteiger partial charge on any atom is 0.338 e. The molecule has 4 N–H and O–H groups in total. The second-order valence-electron chi connectivity index (χ2n) is 9.97. The molecule has 9 heteroatoms. The molecular weight excluding hydrogens is 514 g/mol. The smallest absolute Gasteiger partial charge is 0.338 e. The lowest BCUT2D eigenvalue weighted by atomic mass is 9.80. The summed E-state index contributed by atoms with van der Waals surface area (Å²) in [7, 11) is -3.95. The van der Waals surface area contributed by atoms with Crippen molar-refractivity contribution < 1.29 is 23.1 Å². The van der Waals surface area contributed by atoms with Crippen molar-refractivity contribution in [2.75, 3.05) is 10.5 Å². The number of esters is 1. The highest BCUT2D eigenvalue weighted by Gasteiger charge is 2.43. The summed E-state index contributed by atoms with van der Waals surface area (Å²) in [5.74, 6) is -0.953. The zero-order chi connectivity index (χ0) is 28.0. The minimum atomic E-state index is -3.95. The molecule has 1 aliphatic heterocycles. The van der Waals surface area contributed by atoms with Gasteiger partial charge in [0.1, 0.15) is 11.4 Å². The molecule has 2 unspecified atom stereocenters. The van der Waals surface area contributed by atoms with E-state index in [0.717, 1.165) is 18.4 Å². The number of carbonyl (C=O) groups is 1. The summed E-state index contributed by atoms with van der Waals surface area (Å²) in [5, 5.41) is 11.1. The molecule has 2 atom stereocenters. The Balaban J connectivity index is 1.58. The number of rotatable bonds is 11. The molecule has 4 rings (SSSR count). The number of aromatic nitrogens is 1. The number of sulfonamides is 1. The van der Waals surface area contributed by atoms with Gasteiger partial charge in [0.2, 0.25) is 0 Å². The Morgan fingerprint density at radius 1 is 1.08 bits per heavy atom. The third-order valence-electron chi connectivity index (χ3n) is 7.08. The fraction of sp³-hybridized carbons (Fsp3) is 0.333. The van der Waals surface area contributed by atoms with Crippen LogP contribution in [0.4, 0.5) is 11.4 Å². The van der Waals surface area contributed by atoms with E-state index in [-0.39, 0.29) is 22.8 Å². The molecule has 0 saturated carbocycles. The van der Waals surface area contributed by atoms with Crippen molar-refractivity contribution in [2.45, 2.75) is 68.9 Å². The first-order chi connectivity index (χ1) is 18.7. The van der Waals surface area contributed by atoms with Gasteiger partial charge in [-0.25, -0.2) is 9.78 Å². The van der Waals surface area contributed by atoms with Crippen LogP contribution in [0.25, 0.3) is 0 Å². The second-order valence-corrected chi connectivity index (χ2v) is 11.6. The van der Waals surface area contributed by atoms with E-state index in [1.54, 1.807) is 18.2 Å². The van der Waals surface area contributed by atoms with E-state index in [1.165, 1.54) is 18.3 Å². The van der Waals surface area contributed by atoms with Crippen molar-refractivity contribution in [2.24, 2.45) is 0 Å². The Kier molecular flexibility index (Phi) is 8.60. The molecule has 1 aliphatic rings. The monoisotopic (exact) mass is 549 g/mol. The summed E-state index contributed by atoms with van der Waals surface area (Å²) in [5.41, 5.74) is 7.60. The largest absolute Gasteiger partial charge is 0.512 e. The van der Waals surface area contributed by atoms with Gasteiger partial charge in [0.15, 0.2) is 5.03 Å². The van der Waals surface area contributed by atoms with Crippen LogP contribution < -0.4 is 10.5 Å². The van der Waals surface area contributed by atoms with E-state index in [0.29, 0.717) is 36.2 Å². The fourth-order valence-corrected chi connectivity index (χ4v) is 6.19. The number of aryl methyl sites for hydroxylation is 1. The van der Waals surface area contributed by atoms with E-state index in [9.17, 15) is 18.3 Å². The lowest BCUT2D eigenvalue weighted by Crippen LogP contribution is -2.41. The molecule has 1 aromatic heterocycles. The lowest BCUT2D eigenvalue weighted by molar-refractivity contribution is -0.161. The molecule has 0 radical (unpaired) electrons. The molecule has 0 spiro atoms. The molecule has 39 heavy (non-hydrogen) atoms. The molecule has 8 nitrogen and oxygen atoms in total. The highest BCUT2D eigenvalue weighted by molar-refractivity contribution is 7.92. The number of ether oxygens (including phenoxy) is 1. The van der Waals surface area contributed by atoms with Crippen LogP contribution in [0, 0.1) is 0 Å². The van der Waals surface area contributed by atoms with E-state index in [2.05, 4.69) is 9.71 Å². The number of nitrogens with zero attached hydrogens (tertiary/aromatic N) is 1. The molecule has 3 aromatic rings. The van der Waals surface area contributed by atoms with Gasteiger partial charge in [0.25, 0.3) is 10.0 Å². The number of hydrogen-bond donors (Lipinski definition) is 3. The number of cyclic esters (lactones) is 1. The predicted octanol–water partition coefficient (Wildman–Crippen LogP) is 5.89. The topological polar surface area (TPSA) is 132 Å². The van der Waals surface area contributed by atoms with E-state index >= 15 is 0 Å². The van der Waals surface area contributed by atoms with E-state index in [1.807, 2.05) is 50.2 Å². The van der Waals surface area contributed by atoms with Gasteiger partial charge >= 0.3 is 5.97 Å². The second kappa shape index (κ2) is 11.9. The fourth-order valence-electron chi connectivity index (χ4n) is 5.21. The number of nitrogens with two attached hydrogens (primary N) is 1. The molecule has 206 valence electrons. The van der Waals surface area contributed by atoms with Crippen LogP contribution in [0.3, 0.4) is 0 Å². The van der Waals surface area contributed by atoms with Gasteiger partial charge in [-0.15, -0.1) is 0 Å². The Morgan fingerprint density at radius 2 is 1.85 bits per heavy atom. The van der Waals surface area contributed by atoms with Gasteiger partial charge in [0.05, 0.1) is 17.5 Å². The number of nitrogen functional groups attached to an aromatic ring is 1. The van der Waals surface area contributed by atoms with Crippen LogP contribution in [0.1, 0.15) is 63.0 Å². The minimum Gasteiger partial charge on any atom is -0.512 e. The van der Waals surface area contributed by atoms with Gasteiger partial charge < -0.3 is 15.6 Å². The van der Waals surface area contributed by atoms with Crippen molar-refractivity contribution >= 4 is 27.4 Å². The zero-order valence-electron chi connectivity index (χ0n) is 22.3. The number of aliphatic hydroxyl groups excluding tert-OH is 1. The first kappa shape index (κ1) is 28.2. The van der Waals surface area contributed by atoms with Gasteiger partial charge in [-0.1, -0.05) is 62.7 Å². The lowest BCUT2D eigenvalue weighted by Gasteiger charge is -2.38. The average molecular weight is 550 g/mol. The van der Waals surface area contributed by atoms with E-state index in [4.69, 9.17) is 10.5 Å². The number of anilines is 2. The molecule has 0 amide bonds. The first-order valence-electron chi connectivity index (χ1n) is 13.2. The quantitative estimate of drug-likeness (QED) is 0.254. The third-order valence-corrected chi connectivity index (χ3v) is 8.38. The standard InChI is InChI=1S/C30H35N3O5S/c1-3-16-30(17-15-21-9-6-5-7-10-21)19-26(34)28(29(35)38-30)25(4-2)22-11-8-12-24(18-22)33-39(36,37)27-14-13-23(31)20-32-27/h5-14,18,20,25,33-34H,3-4,15-17,19,31H2,1-2H3. The molecular formula is C30H35N3O5S. The summed E-state index contributed by atoms with van der Waals surface area (Å²) >= 11 is 0. The van der Waals surface area contributed by atoms with Gasteiger partial charge in [-0.05, 0) is 61.1 Å². The minimum absolute atomic E-state index is 0.0386. The predicted molar refractivity (Wildman–Crippen MR) is 152 cm³/mol. The van der Waals surface area contributed by atoms with Crippen LogP contribution in [0.15, 0.2) is 89.3 Å². The van der Waals surface area contributed by atoms with Crippen LogP contribution >= 0.6 is 0 Å². The molecule has 2 aromatic carbocycles. The number of benzene rings is 2. The van der Waals surface area contributed by atoms with Crippen LogP contribution in [-0.4, -0.2) is 30.1 Å². The molecule has 0 fully saturated rings. The number of hydrogen-bond acceptors (Lipinski definition) is 7. The molecule has 0 aliphatic carbocycles. The summed E-state index contributed by atoms with van der Waals surface area (Å²) in [4.78, 5) is 17.3. The van der Waals surface area contributed by atoms with Crippen molar-refractivity contribution in [3.8, 4) is 0 Å². The van der Waals surface area contributed by atoms with Crippen molar-refractivity contribution in [1.29, 1.82) is 0 Å². The third kappa shape index (κ3) is 6.60. The van der Waals surface area contributed by atoms with Crippen molar-refractivity contribution in [1.82, 2.24) is 4.98 Å². The van der Waals surface area contributed by atoms with Gasteiger partial charge in [-0.2, -0.15) is 8.42 Å². The maximum absolute atomic E-state index is 13.4. The summed E-state index contributed by atoms with van der Waals surface area (Å²) in [6.07, 6.45) is 4.85. The van der Waals surface area contributed by atoms with Crippen LogP contribution in [0.2, 0.25) is 0 Å². The summed E-state index contributed by atoms with van der Waals surface area (Å²) < 4.78 is 34.3. The van der Waals surface area contributed by atoms with Gasteiger partial charge in [-0.3, -0.25) is 4.72 Å². The SMILES string of the molecule is CCCC1(CCc2ccccc2)CC(O)=C(C(CC)c2cccc(NS(=O)(=O)c3ccc(N)cn3)c2)C(=O)O1. The Morgan fingerprint density at radius 3 is 2.49 bits per heavy atom. The number of carbonyl (C=O) groups excluding carboxylic acids is 1. The van der Waals surface area contributed by atoms with Crippen molar-refractivity contribution in [3.05, 3.63) is 95.4 Å². The highest BCUT2D eigenvalue weighted by Crippen LogP contribution is 2.42. The first-order valence-corrected chi connectivity index (χ1v) is 14.7. The van der Waals surface area contributed by atoms with Crippen LogP contribution in [-0.2, 0) is 26.0 Å². The zero-order valence-corrected chi connectivity index (χ0v) is 23.1. The average Bonchev–Trinajstić information content (AvgIpc) is 2.90. The summed E-state index contributed by atoms with van der Waals surface area (Å²) in [6.45, 7) is 3.95. The number of pyridine rings is 1. The number of aliphatic hydroxyl groups is 1. The van der Waals surface area contributed by atoms with Crippen molar-refractivity contribution in [3.63, 3.8) is 0 Å². The maximum atomic E-state index is 13.4. The van der Waals surface area contributed by atoms with Gasteiger partial charge in [0, 0.05) is 18.0 Å². The Labute approximate surface area is 230 Å².